The highest BCUT2D eigenvalue weighted by Crippen LogP contribution is 2.22. The third-order valence-electron chi connectivity index (χ3n) is 5.56. The summed E-state index contributed by atoms with van der Waals surface area (Å²) in [4.78, 5) is 16.7. The van der Waals surface area contributed by atoms with Gasteiger partial charge in [-0.15, -0.1) is 0 Å². The number of carbonyl (C=O) groups is 1. The lowest BCUT2D eigenvalue weighted by molar-refractivity contribution is 0.186. The summed E-state index contributed by atoms with van der Waals surface area (Å²) in [6, 6.07) is 6.81. The lowest BCUT2D eigenvalue weighted by Gasteiger charge is -2.26. The molecule has 0 atom stereocenters. The number of benzene rings is 1. The van der Waals surface area contributed by atoms with E-state index in [4.69, 9.17) is 0 Å². The minimum absolute atomic E-state index is 0.0875. The number of likely N-dealkylation sites (tertiary alicyclic amines) is 1. The lowest BCUT2D eigenvalue weighted by Crippen LogP contribution is -2.42. The van der Waals surface area contributed by atoms with E-state index in [9.17, 15) is 4.79 Å². The molecule has 1 saturated heterocycles. The van der Waals surface area contributed by atoms with Gasteiger partial charge in [-0.2, -0.15) is 0 Å². The van der Waals surface area contributed by atoms with E-state index < -0.39 is 0 Å². The van der Waals surface area contributed by atoms with E-state index in [1.54, 1.807) is 0 Å². The molecule has 1 N–H and O–H groups in total. The topological polar surface area (TPSA) is 35.6 Å². The molecule has 0 saturated carbocycles. The van der Waals surface area contributed by atoms with E-state index in [2.05, 4.69) is 46.6 Å². The van der Waals surface area contributed by atoms with Crippen LogP contribution >= 0.6 is 0 Å². The Bertz CT molecular complexity index is 701. The number of hydrogen-bond donors (Lipinski definition) is 1. The average molecular weight is 337 g/mol. The van der Waals surface area contributed by atoms with Gasteiger partial charge in [0.15, 0.2) is 0 Å². The van der Waals surface area contributed by atoms with Crippen molar-refractivity contribution in [1.29, 1.82) is 0 Å². The number of hydrogen-bond acceptors (Lipinski definition) is 2. The highest BCUT2D eigenvalue weighted by molar-refractivity contribution is 5.74. The van der Waals surface area contributed by atoms with Crippen molar-refractivity contribution in [1.82, 2.24) is 15.1 Å². The summed E-state index contributed by atoms with van der Waals surface area (Å²) in [5.74, 6) is 0. The van der Waals surface area contributed by atoms with Crippen molar-refractivity contribution in [3.05, 3.63) is 58.8 Å². The fraction of sp³-hybridized carbons (Fsp3) is 0.476. The summed E-state index contributed by atoms with van der Waals surface area (Å²) in [7, 11) is 0. The molecule has 1 fully saturated rings. The van der Waals surface area contributed by atoms with Crippen LogP contribution in [0.2, 0.25) is 0 Å². The van der Waals surface area contributed by atoms with Crippen LogP contribution in [-0.4, -0.2) is 42.0 Å². The monoisotopic (exact) mass is 337 g/mol. The molecule has 2 amide bonds. The Hall–Kier alpha value is -2.23. The molecule has 4 rings (SSSR count). The number of carbonyl (C=O) groups excluding carboxylic acids is 1. The molecule has 0 radical (unpaired) electrons. The summed E-state index contributed by atoms with van der Waals surface area (Å²) >= 11 is 0. The van der Waals surface area contributed by atoms with E-state index in [1.165, 1.54) is 28.8 Å². The van der Waals surface area contributed by atoms with Crippen molar-refractivity contribution in [2.75, 3.05) is 26.2 Å². The Kier molecular flexibility index (Phi) is 4.77. The highest BCUT2D eigenvalue weighted by Gasteiger charge is 2.18. The molecule has 1 aliphatic carbocycles. The van der Waals surface area contributed by atoms with E-state index in [-0.39, 0.29) is 6.03 Å². The molecule has 0 bridgehead atoms. The van der Waals surface area contributed by atoms with Crippen LogP contribution in [0.1, 0.15) is 36.0 Å². The molecule has 0 aromatic heterocycles. The first-order chi connectivity index (χ1) is 12.3. The molecule has 0 unspecified atom stereocenters. The van der Waals surface area contributed by atoms with Gasteiger partial charge in [-0.05, 0) is 60.9 Å². The van der Waals surface area contributed by atoms with Gasteiger partial charge in [0.05, 0.1) is 0 Å². The molecule has 1 aromatic carbocycles. The van der Waals surface area contributed by atoms with Gasteiger partial charge >= 0.3 is 6.03 Å². The largest absolute Gasteiger partial charge is 0.371 e. The van der Waals surface area contributed by atoms with Crippen molar-refractivity contribution in [3.8, 4) is 0 Å². The quantitative estimate of drug-likeness (QED) is 0.919. The zero-order valence-electron chi connectivity index (χ0n) is 14.8. The molecule has 2 aliphatic heterocycles. The second-order valence-corrected chi connectivity index (χ2v) is 7.25. The van der Waals surface area contributed by atoms with Crippen LogP contribution in [0.15, 0.2) is 42.1 Å². The number of rotatable bonds is 3. The fourth-order valence-electron chi connectivity index (χ4n) is 3.93. The molecular weight excluding hydrogens is 310 g/mol. The predicted molar refractivity (Wildman–Crippen MR) is 100 cm³/mol. The SMILES string of the molecule is O=C(NCc1ccc2c(c1)CCN(C1=CC=C1)CC2)N1CCCCC1. The number of allylic oxidation sites excluding steroid dienone is 3. The van der Waals surface area contributed by atoms with Crippen LogP contribution < -0.4 is 5.32 Å². The number of fused-ring (bicyclic) bond motifs is 1. The third kappa shape index (κ3) is 3.73. The molecule has 4 heteroatoms. The maximum Gasteiger partial charge on any atom is 0.317 e. The zero-order valence-corrected chi connectivity index (χ0v) is 14.8. The van der Waals surface area contributed by atoms with Crippen LogP contribution in [0.5, 0.6) is 0 Å². The van der Waals surface area contributed by atoms with Crippen LogP contribution in [0, 0.1) is 0 Å². The predicted octanol–water partition coefficient (Wildman–Crippen LogP) is 3.24. The maximum atomic E-state index is 12.3. The fourth-order valence-corrected chi connectivity index (χ4v) is 3.93. The second-order valence-electron chi connectivity index (χ2n) is 7.25. The normalized spacial score (nSPS) is 19.6. The summed E-state index contributed by atoms with van der Waals surface area (Å²) < 4.78 is 0. The van der Waals surface area contributed by atoms with Gasteiger partial charge in [0.1, 0.15) is 0 Å². The Morgan fingerprint density at radius 1 is 1.00 bits per heavy atom. The molecule has 2 heterocycles. The smallest absolute Gasteiger partial charge is 0.317 e. The number of nitrogens with one attached hydrogen (secondary N) is 1. The van der Waals surface area contributed by atoms with Gasteiger partial charge in [0, 0.05) is 38.4 Å². The zero-order chi connectivity index (χ0) is 17.1. The highest BCUT2D eigenvalue weighted by atomic mass is 16.2. The molecule has 0 spiro atoms. The standard InChI is InChI=1S/C21H27N3O/c25-21(24-11-2-1-3-12-24)22-16-17-7-8-18-9-13-23(20-5-4-6-20)14-10-19(18)15-17/h4-8,15H,1-3,9-14,16H2,(H,22,25). The number of piperidine rings is 1. The number of urea groups is 1. The molecular formula is C21H27N3O. The third-order valence-corrected chi connectivity index (χ3v) is 5.56. The van der Waals surface area contributed by atoms with E-state index in [1.807, 2.05) is 4.90 Å². The van der Waals surface area contributed by atoms with Crippen molar-refractivity contribution < 1.29 is 4.79 Å². The van der Waals surface area contributed by atoms with Gasteiger partial charge in [0.2, 0.25) is 0 Å². The van der Waals surface area contributed by atoms with Gasteiger partial charge < -0.3 is 15.1 Å². The van der Waals surface area contributed by atoms with Gasteiger partial charge in [0.25, 0.3) is 0 Å². The minimum atomic E-state index is 0.0875. The molecule has 25 heavy (non-hydrogen) atoms. The van der Waals surface area contributed by atoms with Crippen LogP contribution in [0.4, 0.5) is 4.79 Å². The summed E-state index contributed by atoms with van der Waals surface area (Å²) in [6.45, 7) is 4.59. The van der Waals surface area contributed by atoms with E-state index >= 15 is 0 Å². The Morgan fingerprint density at radius 2 is 1.76 bits per heavy atom. The number of amides is 2. The summed E-state index contributed by atoms with van der Waals surface area (Å²) in [5.41, 5.74) is 5.47. The summed E-state index contributed by atoms with van der Waals surface area (Å²) in [5, 5.41) is 3.09. The van der Waals surface area contributed by atoms with Crippen molar-refractivity contribution in [2.24, 2.45) is 0 Å². The maximum absolute atomic E-state index is 12.3. The molecule has 4 nitrogen and oxygen atoms in total. The first-order valence-electron chi connectivity index (χ1n) is 9.56. The Balaban J connectivity index is 1.35. The van der Waals surface area contributed by atoms with E-state index in [0.29, 0.717) is 6.54 Å². The van der Waals surface area contributed by atoms with E-state index in [0.717, 1.165) is 51.9 Å². The minimum Gasteiger partial charge on any atom is -0.371 e. The van der Waals surface area contributed by atoms with Crippen LogP contribution in [-0.2, 0) is 19.4 Å². The van der Waals surface area contributed by atoms with Gasteiger partial charge in [-0.1, -0.05) is 24.3 Å². The lowest BCUT2D eigenvalue weighted by atomic mass is 10.00. The second kappa shape index (κ2) is 7.34. The van der Waals surface area contributed by atoms with Gasteiger partial charge in [-0.25, -0.2) is 4.79 Å². The molecule has 1 aromatic rings. The van der Waals surface area contributed by atoms with Crippen molar-refractivity contribution in [3.63, 3.8) is 0 Å². The first-order valence-corrected chi connectivity index (χ1v) is 9.56. The summed E-state index contributed by atoms with van der Waals surface area (Å²) in [6.07, 6.45) is 12.2. The first kappa shape index (κ1) is 16.2. The van der Waals surface area contributed by atoms with Crippen LogP contribution in [0.25, 0.3) is 0 Å². The van der Waals surface area contributed by atoms with Crippen molar-refractivity contribution in [2.45, 2.75) is 38.6 Å². The average Bonchev–Trinajstić information content (AvgIpc) is 2.81. The Labute approximate surface area is 150 Å². The van der Waals surface area contributed by atoms with Gasteiger partial charge in [-0.3, -0.25) is 0 Å². The Morgan fingerprint density at radius 3 is 2.48 bits per heavy atom. The van der Waals surface area contributed by atoms with Crippen molar-refractivity contribution >= 4 is 6.03 Å². The van der Waals surface area contributed by atoms with Crippen LogP contribution in [0.3, 0.4) is 0 Å². The molecule has 132 valence electrons. The number of nitrogens with zero attached hydrogens (tertiary/aromatic N) is 2. The molecule has 3 aliphatic rings.